The summed E-state index contributed by atoms with van der Waals surface area (Å²) in [6.45, 7) is 1.61. The largest absolute Gasteiger partial charge is 0.497 e. The standard InChI is InChI=1S/C27H29F3N2O3S/c1-35-19-4-7-25-21(15-19)20(8-10-31-25)23(29)5-2-17-9-11-32(16-22(17)27(33)34)12-13-36-26-14-18(28)3-6-24(26)30/h3-4,6-8,10,14-15,17,22-23H,2,5,9,11-13,16H2,1H3,(H,33,34)/t17-,22+,23-/m1/s1. The number of nitrogens with zero attached hydrogens (tertiary/aromatic N) is 2. The lowest BCUT2D eigenvalue weighted by molar-refractivity contribution is -0.146. The first-order valence-electron chi connectivity index (χ1n) is 12.0. The van der Waals surface area contributed by atoms with Gasteiger partial charge in [-0.05, 0) is 79.8 Å². The minimum Gasteiger partial charge on any atom is -0.497 e. The van der Waals surface area contributed by atoms with Crippen LogP contribution in [0.15, 0.2) is 53.6 Å². The van der Waals surface area contributed by atoms with E-state index in [4.69, 9.17) is 4.74 Å². The van der Waals surface area contributed by atoms with Gasteiger partial charge in [0, 0.05) is 35.3 Å². The van der Waals surface area contributed by atoms with Crippen LogP contribution in [0.5, 0.6) is 5.75 Å². The van der Waals surface area contributed by atoms with Gasteiger partial charge in [0.2, 0.25) is 0 Å². The van der Waals surface area contributed by atoms with Gasteiger partial charge in [-0.3, -0.25) is 9.78 Å². The van der Waals surface area contributed by atoms with E-state index in [-0.39, 0.29) is 17.2 Å². The number of hydrogen-bond donors (Lipinski definition) is 1. The molecular formula is C27H29F3N2O3S. The molecule has 2 aromatic carbocycles. The lowest BCUT2D eigenvalue weighted by Crippen LogP contribution is -2.44. The molecule has 0 bridgehead atoms. The van der Waals surface area contributed by atoms with E-state index in [0.29, 0.717) is 60.4 Å². The SMILES string of the molecule is COc1ccc2nccc([C@H](F)CC[C@@H]3CCN(CCSc4cc(F)ccc4F)C[C@@H]3C(=O)O)c2c1. The van der Waals surface area contributed by atoms with Crippen molar-refractivity contribution in [1.29, 1.82) is 0 Å². The number of aliphatic carboxylic acids is 1. The van der Waals surface area contributed by atoms with Gasteiger partial charge in [0.25, 0.3) is 0 Å². The maximum atomic E-state index is 15.4. The molecule has 1 aliphatic rings. The minimum atomic E-state index is -1.24. The first-order valence-corrected chi connectivity index (χ1v) is 12.9. The first kappa shape index (κ1) is 26.3. The summed E-state index contributed by atoms with van der Waals surface area (Å²) in [5.41, 5.74) is 1.22. The van der Waals surface area contributed by atoms with Crippen LogP contribution >= 0.6 is 11.8 Å². The molecular weight excluding hydrogens is 489 g/mol. The van der Waals surface area contributed by atoms with Crippen LogP contribution in [-0.2, 0) is 4.79 Å². The molecule has 3 atom stereocenters. The molecule has 1 fully saturated rings. The number of rotatable bonds is 10. The maximum absolute atomic E-state index is 15.4. The van der Waals surface area contributed by atoms with Crippen molar-refractivity contribution in [2.24, 2.45) is 11.8 Å². The Morgan fingerprint density at radius 2 is 2.08 bits per heavy atom. The number of fused-ring (bicyclic) bond motifs is 1. The van der Waals surface area contributed by atoms with Crippen molar-refractivity contribution >= 4 is 28.6 Å². The molecule has 2 heterocycles. The number of carboxylic acids is 1. The molecule has 1 saturated heterocycles. The van der Waals surface area contributed by atoms with Gasteiger partial charge in [0.15, 0.2) is 0 Å². The number of methoxy groups -OCH3 is 1. The molecule has 0 saturated carbocycles. The number of hydrogen-bond acceptors (Lipinski definition) is 5. The number of piperidine rings is 1. The van der Waals surface area contributed by atoms with E-state index in [1.54, 1.807) is 37.6 Å². The predicted octanol–water partition coefficient (Wildman–Crippen LogP) is 6.13. The van der Waals surface area contributed by atoms with Gasteiger partial charge in [0.1, 0.15) is 23.6 Å². The smallest absolute Gasteiger partial charge is 0.308 e. The van der Waals surface area contributed by atoms with Crippen LogP contribution in [0.3, 0.4) is 0 Å². The number of halogens is 3. The second kappa shape index (κ2) is 12.0. The van der Waals surface area contributed by atoms with Gasteiger partial charge in [-0.1, -0.05) is 0 Å². The molecule has 0 radical (unpaired) electrons. The van der Waals surface area contributed by atoms with Crippen LogP contribution in [0, 0.1) is 23.5 Å². The summed E-state index contributed by atoms with van der Waals surface area (Å²) in [4.78, 5) is 18.6. The van der Waals surface area contributed by atoms with Gasteiger partial charge < -0.3 is 14.7 Å². The molecule has 5 nitrogen and oxygen atoms in total. The lowest BCUT2D eigenvalue weighted by atomic mass is 9.81. The number of thioether (sulfide) groups is 1. The number of alkyl halides is 1. The molecule has 192 valence electrons. The fourth-order valence-electron chi connectivity index (χ4n) is 4.83. The van der Waals surface area contributed by atoms with Crippen LogP contribution in [0.2, 0.25) is 0 Å². The summed E-state index contributed by atoms with van der Waals surface area (Å²) >= 11 is 1.21. The fraction of sp³-hybridized carbons (Fsp3) is 0.407. The van der Waals surface area contributed by atoms with Gasteiger partial charge in [-0.25, -0.2) is 13.2 Å². The number of benzene rings is 2. The molecule has 1 N–H and O–H groups in total. The Morgan fingerprint density at radius 1 is 1.25 bits per heavy atom. The normalized spacial score (nSPS) is 19.3. The summed E-state index contributed by atoms with van der Waals surface area (Å²) in [6.07, 6.45) is 1.67. The average molecular weight is 519 g/mol. The highest BCUT2D eigenvalue weighted by Gasteiger charge is 2.34. The van der Waals surface area contributed by atoms with Crippen LogP contribution in [0.25, 0.3) is 10.9 Å². The Morgan fingerprint density at radius 3 is 2.86 bits per heavy atom. The van der Waals surface area contributed by atoms with Gasteiger partial charge in [0.05, 0.1) is 18.5 Å². The monoisotopic (exact) mass is 518 g/mol. The van der Waals surface area contributed by atoms with Gasteiger partial charge in [-0.15, -0.1) is 11.8 Å². The highest BCUT2D eigenvalue weighted by atomic mass is 32.2. The van der Waals surface area contributed by atoms with E-state index in [9.17, 15) is 18.7 Å². The molecule has 0 aliphatic carbocycles. The summed E-state index contributed by atoms with van der Waals surface area (Å²) in [5.74, 6) is -1.43. The molecule has 36 heavy (non-hydrogen) atoms. The highest BCUT2D eigenvalue weighted by Crippen LogP contribution is 2.35. The Balaban J connectivity index is 1.33. The maximum Gasteiger partial charge on any atom is 0.308 e. The average Bonchev–Trinajstić information content (AvgIpc) is 2.88. The van der Waals surface area contributed by atoms with Crippen molar-refractivity contribution in [3.63, 3.8) is 0 Å². The summed E-state index contributed by atoms with van der Waals surface area (Å²) < 4.78 is 47.8. The zero-order valence-corrected chi connectivity index (χ0v) is 20.8. The third-order valence-corrected chi connectivity index (χ3v) is 7.84. The van der Waals surface area contributed by atoms with E-state index >= 15 is 4.39 Å². The van der Waals surface area contributed by atoms with Crippen LogP contribution in [0.4, 0.5) is 13.2 Å². The Labute approximate surface area is 212 Å². The minimum absolute atomic E-state index is 0.132. The molecule has 3 aromatic rings. The van der Waals surface area contributed by atoms with E-state index < -0.39 is 29.7 Å². The third-order valence-electron chi connectivity index (χ3n) is 6.83. The molecule has 0 amide bonds. The van der Waals surface area contributed by atoms with E-state index in [1.165, 1.54) is 17.8 Å². The van der Waals surface area contributed by atoms with Crippen molar-refractivity contribution in [3.8, 4) is 5.75 Å². The fourth-order valence-corrected chi connectivity index (χ4v) is 5.80. The van der Waals surface area contributed by atoms with Gasteiger partial charge >= 0.3 is 5.97 Å². The van der Waals surface area contributed by atoms with Crippen molar-refractivity contribution in [2.75, 3.05) is 32.5 Å². The summed E-state index contributed by atoms with van der Waals surface area (Å²) in [7, 11) is 1.56. The molecule has 0 unspecified atom stereocenters. The van der Waals surface area contributed by atoms with Crippen molar-refractivity contribution in [1.82, 2.24) is 9.88 Å². The van der Waals surface area contributed by atoms with E-state index in [0.717, 1.165) is 12.1 Å². The number of ether oxygens (including phenoxy) is 1. The number of carboxylic acid groups (broad SMARTS) is 1. The molecule has 0 spiro atoms. The first-order chi connectivity index (χ1) is 17.4. The van der Waals surface area contributed by atoms with E-state index in [2.05, 4.69) is 4.98 Å². The Bertz CT molecular complexity index is 1210. The quantitative estimate of drug-likeness (QED) is 0.326. The van der Waals surface area contributed by atoms with Gasteiger partial charge in [-0.2, -0.15) is 0 Å². The number of carbonyl (C=O) groups is 1. The van der Waals surface area contributed by atoms with Crippen molar-refractivity contribution in [3.05, 3.63) is 65.9 Å². The lowest BCUT2D eigenvalue weighted by Gasteiger charge is -2.36. The molecule has 1 aromatic heterocycles. The second-order valence-corrected chi connectivity index (χ2v) is 10.2. The zero-order chi connectivity index (χ0) is 25.7. The topological polar surface area (TPSA) is 62.7 Å². The number of likely N-dealkylation sites (tertiary alicyclic amines) is 1. The van der Waals surface area contributed by atoms with Crippen molar-refractivity contribution < 1.29 is 27.8 Å². The van der Waals surface area contributed by atoms with E-state index in [1.807, 2.05) is 4.90 Å². The Hall–Kier alpha value is -2.78. The van der Waals surface area contributed by atoms with Crippen LogP contribution < -0.4 is 4.74 Å². The molecule has 4 rings (SSSR count). The molecule has 1 aliphatic heterocycles. The van der Waals surface area contributed by atoms with Crippen LogP contribution in [0.1, 0.15) is 31.0 Å². The highest BCUT2D eigenvalue weighted by molar-refractivity contribution is 7.99. The number of pyridine rings is 1. The Kier molecular flexibility index (Phi) is 8.74. The molecule has 9 heteroatoms. The summed E-state index contributed by atoms with van der Waals surface area (Å²) in [6, 6.07) is 10.4. The summed E-state index contributed by atoms with van der Waals surface area (Å²) in [5, 5.41) is 10.5. The van der Waals surface area contributed by atoms with Crippen LogP contribution in [-0.4, -0.2) is 53.5 Å². The second-order valence-electron chi connectivity index (χ2n) is 9.05. The predicted molar refractivity (Wildman–Crippen MR) is 134 cm³/mol. The zero-order valence-electron chi connectivity index (χ0n) is 20.0. The third kappa shape index (κ3) is 6.31. The van der Waals surface area contributed by atoms with Crippen molar-refractivity contribution in [2.45, 2.75) is 30.3 Å². The number of aromatic nitrogens is 1.